The predicted molar refractivity (Wildman–Crippen MR) is 65.9 cm³/mol. The molecule has 2 N–H and O–H groups in total. The zero-order valence-corrected chi connectivity index (χ0v) is 10.1. The van der Waals surface area contributed by atoms with E-state index >= 15 is 0 Å². The molecule has 0 spiro atoms. The number of aromatic nitrogens is 1. The van der Waals surface area contributed by atoms with Gasteiger partial charge in [-0.3, -0.25) is 4.98 Å². The molecule has 1 atom stereocenters. The van der Waals surface area contributed by atoms with Gasteiger partial charge in [0.25, 0.3) is 0 Å². The third-order valence-corrected chi connectivity index (χ3v) is 3.39. The van der Waals surface area contributed by atoms with Gasteiger partial charge in [0.15, 0.2) is 0 Å². The van der Waals surface area contributed by atoms with Crippen LogP contribution in [0.4, 0.5) is 0 Å². The third kappa shape index (κ3) is 2.23. The van der Waals surface area contributed by atoms with Crippen molar-refractivity contribution < 1.29 is 4.74 Å². The van der Waals surface area contributed by atoms with Crippen molar-refractivity contribution in [1.29, 1.82) is 0 Å². The topological polar surface area (TPSA) is 48.1 Å². The molecule has 2 heterocycles. The number of rotatable bonds is 3. The standard InChI is InChI=1S/C12H14N2OS/c1-8-3-9(6-14-5-8)12(13)11-4-10(15-2)7-16-11/h3-7,12H,13H2,1-2H3. The quantitative estimate of drug-likeness (QED) is 0.887. The minimum Gasteiger partial charge on any atom is -0.496 e. The Morgan fingerprint density at radius 3 is 2.81 bits per heavy atom. The first kappa shape index (κ1) is 11.1. The Hall–Kier alpha value is -1.39. The van der Waals surface area contributed by atoms with Crippen molar-refractivity contribution in [3.05, 3.63) is 45.9 Å². The van der Waals surface area contributed by atoms with Gasteiger partial charge < -0.3 is 10.5 Å². The Labute approximate surface area is 98.9 Å². The first-order chi connectivity index (χ1) is 7.70. The van der Waals surface area contributed by atoms with Gasteiger partial charge in [0.2, 0.25) is 0 Å². The number of nitrogens with two attached hydrogens (primary N) is 1. The summed E-state index contributed by atoms with van der Waals surface area (Å²) in [5, 5.41) is 1.96. The molecule has 0 saturated heterocycles. The lowest BCUT2D eigenvalue weighted by atomic mass is 10.1. The summed E-state index contributed by atoms with van der Waals surface area (Å²) in [5.41, 5.74) is 8.32. The number of hydrogen-bond donors (Lipinski definition) is 1. The van der Waals surface area contributed by atoms with E-state index in [1.807, 2.05) is 30.8 Å². The van der Waals surface area contributed by atoms with Crippen LogP contribution in [-0.2, 0) is 0 Å². The summed E-state index contributed by atoms with van der Waals surface area (Å²) in [7, 11) is 1.66. The van der Waals surface area contributed by atoms with E-state index in [-0.39, 0.29) is 6.04 Å². The second-order valence-electron chi connectivity index (χ2n) is 3.66. The molecule has 2 aromatic rings. The van der Waals surface area contributed by atoms with Crippen LogP contribution in [0.25, 0.3) is 0 Å². The van der Waals surface area contributed by atoms with E-state index < -0.39 is 0 Å². The summed E-state index contributed by atoms with van der Waals surface area (Å²) in [6.45, 7) is 2.01. The molecule has 0 aromatic carbocycles. The molecule has 16 heavy (non-hydrogen) atoms. The Kier molecular flexibility index (Phi) is 3.22. The van der Waals surface area contributed by atoms with E-state index in [9.17, 15) is 0 Å². The highest BCUT2D eigenvalue weighted by molar-refractivity contribution is 7.10. The van der Waals surface area contributed by atoms with Crippen LogP contribution in [0.3, 0.4) is 0 Å². The molecule has 2 rings (SSSR count). The molecule has 3 nitrogen and oxygen atoms in total. The molecule has 84 valence electrons. The molecule has 0 amide bonds. The molecular formula is C12H14N2OS. The van der Waals surface area contributed by atoms with Gasteiger partial charge >= 0.3 is 0 Å². The molecule has 0 aliphatic heterocycles. The highest BCUT2D eigenvalue weighted by Gasteiger charge is 2.12. The summed E-state index contributed by atoms with van der Waals surface area (Å²) < 4.78 is 5.14. The van der Waals surface area contributed by atoms with Gasteiger partial charge in [-0.2, -0.15) is 0 Å². The molecule has 1 unspecified atom stereocenters. The van der Waals surface area contributed by atoms with E-state index in [1.165, 1.54) is 0 Å². The highest BCUT2D eigenvalue weighted by Crippen LogP contribution is 2.29. The SMILES string of the molecule is COc1csc(C(N)c2cncc(C)c2)c1. The molecule has 0 fully saturated rings. The van der Waals surface area contributed by atoms with Crippen LogP contribution in [0.5, 0.6) is 5.75 Å². The molecule has 0 bridgehead atoms. The molecule has 0 aliphatic carbocycles. The van der Waals surface area contributed by atoms with Gasteiger partial charge in [-0.1, -0.05) is 6.07 Å². The minimum absolute atomic E-state index is 0.124. The fraction of sp³-hybridized carbons (Fsp3) is 0.250. The Morgan fingerprint density at radius 2 is 2.19 bits per heavy atom. The second-order valence-corrected chi connectivity index (χ2v) is 4.61. The largest absolute Gasteiger partial charge is 0.496 e. The van der Waals surface area contributed by atoms with Crippen molar-refractivity contribution in [3.63, 3.8) is 0 Å². The molecule has 0 saturated carbocycles. The van der Waals surface area contributed by atoms with Crippen LogP contribution in [0.1, 0.15) is 22.0 Å². The van der Waals surface area contributed by atoms with Gasteiger partial charge in [-0.05, 0) is 24.1 Å². The minimum atomic E-state index is -0.124. The number of aryl methyl sites for hydroxylation is 1. The number of hydrogen-bond acceptors (Lipinski definition) is 4. The van der Waals surface area contributed by atoms with E-state index in [4.69, 9.17) is 10.5 Å². The summed E-state index contributed by atoms with van der Waals surface area (Å²) in [6, 6.07) is 3.91. The molecule has 0 aliphatic rings. The van der Waals surface area contributed by atoms with Crippen LogP contribution in [0.15, 0.2) is 29.9 Å². The van der Waals surface area contributed by atoms with E-state index in [0.29, 0.717) is 0 Å². The summed E-state index contributed by atoms with van der Waals surface area (Å²) in [5.74, 6) is 0.857. The van der Waals surface area contributed by atoms with Crippen molar-refractivity contribution in [2.45, 2.75) is 13.0 Å². The number of nitrogens with zero attached hydrogens (tertiary/aromatic N) is 1. The van der Waals surface area contributed by atoms with Crippen molar-refractivity contribution >= 4 is 11.3 Å². The first-order valence-electron chi connectivity index (χ1n) is 5.00. The van der Waals surface area contributed by atoms with E-state index in [2.05, 4.69) is 11.1 Å². The van der Waals surface area contributed by atoms with Gasteiger partial charge in [0.1, 0.15) is 5.75 Å². The van der Waals surface area contributed by atoms with Crippen LogP contribution in [-0.4, -0.2) is 12.1 Å². The number of methoxy groups -OCH3 is 1. The van der Waals surface area contributed by atoms with Crippen molar-refractivity contribution in [2.24, 2.45) is 5.73 Å². The van der Waals surface area contributed by atoms with Crippen molar-refractivity contribution in [3.8, 4) is 5.75 Å². The molecular weight excluding hydrogens is 220 g/mol. The normalized spacial score (nSPS) is 12.4. The van der Waals surface area contributed by atoms with Crippen molar-refractivity contribution in [1.82, 2.24) is 4.98 Å². The zero-order chi connectivity index (χ0) is 11.5. The number of pyridine rings is 1. The van der Waals surface area contributed by atoms with Crippen LogP contribution in [0, 0.1) is 6.92 Å². The summed E-state index contributed by atoms with van der Waals surface area (Å²) in [6.07, 6.45) is 3.63. The first-order valence-corrected chi connectivity index (χ1v) is 5.88. The second kappa shape index (κ2) is 4.63. The van der Waals surface area contributed by atoms with Crippen LogP contribution < -0.4 is 10.5 Å². The predicted octanol–water partition coefficient (Wildman–Crippen LogP) is 2.51. The number of thiophene rings is 1. The van der Waals surface area contributed by atoms with Gasteiger partial charge in [-0.15, -0.1) is 11.3 Å². The maximum atomic E-state index is 6.17. The smallest absolute Gasteiger partial charge is 0.129 e. The summed E-state index contributed by atoms with van der Waals surface area (Å²) >= 11 is 1.61. The van der Waals surface area contributed by atoms with Crippen molar-refractivity contribution in [2.75, 3.05) is 7.11 Å². The Morgan fingerprint density at radius 1 is 1.38 bits per heavy atom. The highest BCUT2D eigenvalue weighted by atomic mass is 32.1. The van der Waals surface area contributed by atoms with E-state index in [0.717, 1.165) is 21.8 Å². The van der Waals surface area contributed by atoms with Gasteiger partial charge in [-0.25, -0.2) is 0 Å². The lowest BCUT2D eigenvalue weighted by molar-refractivity contribution is 0.416. The average molecular weight is 234 g/mol. The van der Waals surface area contributed by atoms with Gasteiger partial charge in [0.05, 0.1) is 13.2 Å². The number of ether oxygens (including phenoxy) is 1. The Bertz CT molecular complexity index is 481. The Balaban J connectivity index is 2.27. The third-order valence-electron chi connectivity index (χ3n) is 2.39. The maximum absolute atomic E-state index is 6.17. The molecule has 0 radical (unpaired) electrons. The van der Waals surface area contributed by atoms with Gasteiger partial charge in [0, 0.05) is 22.7 Å². The van der Waals surface area contributed by atoms with Crippen LogP contribution >= 0.6 is 11.3 Å². The monoisotopic (exact) mass is 234 g/mol. The van der Waals surface area contributed by atoms with Crippen LogP contribution in [0.2, 0.25) is 0 Å². The fourth-order valence-corrected chi connectivity index (χ4v) is 2.40. The van der Waals surface area contributed by atoms with E-state index in [1.54, 1.807) is 18.4 Å². The average Bonchev–Trinajstić information content (AvgIpc) is 2.76. The fourth-order valence-electron chi connectivity index (χ4n) is 1.52. The zero-order valence-electron chi connectivity index (χ0n) is 9.31. The maximum Gasteiger partial charge on any atom is 0.129 e. The molecule has 2 aromatic heterocycles. The lowest BCUT2D eigenvalue weighted by Gasteiger charge is -2.09. The lowest BCUT2D eigenvalue weighted by Crippen LogP contribution is -2.10. The molecule has 4 heteroatoms. The summed E-state index contributed by atoms with van der Waals surface area (Å²) in [4.78, 5) is 5.24.